The molecule has 284 valence electrons. The number of esters is 1. The lowest BCUT2D eigenvalue weighted by Gasteiger charge is -2.50. The zero-order chi connectivity index (χ0) is 38.1. The molecule has 0 amide bonds. The molecule has 48 heavy (non-hydrogen) atoms. The lowest BCUT2D eigenvalue weighted by atomic mass is 9.87. The summed E-state index contributed by atoms with van der Waals surface area (Å²) in [5.41, 5.74) is 0. The first kappa shape index (κ1) is 45.9. The maximum absolute atomic E-state index is 14.1. The molecule has 0 bridgehead atoms. The third kappa shape index (κ3) is 12.0. The van der Waals surface area contributed by atoms with Crippen LogP contribution in [0, 0.1) is 11.8 Å². The van der Waals surface area contributed by atoms with E-state index >= 15 is 0 Å². The van der Waals surface area contributed by atoms with E-state index in [2.05, 4.69) is 161 Å². The van der Waals surface area contributed by atoms with Crippen LogP contribution >= 0.6 is 0 Å². The molecule has 0 aromatic rings. The van der Waals surface area contributed by atoms with Crippen LogP contribution in [0.3, 0.4) is 0 Å². The first-order valence-electron chi connectivity index (χ1n) is 18.6. The van der Waals surface area contributed by atoms with Gasteiger partial charge in [0.05, 0.1) is 12.0 Å². The van der Waals surface area contributed by atoms with E-state index in [1.807, 2.05) is 0 Å². The van der Waals surface area contributed by atoms with Crippen molar-refractivity contribution in [2.24, 2.45) is 11.8 Å². The van der Waals surface area contributed by atoms with Gasteiger partial charge < -0.3 is 22.4 Å². The molecule has 0 N–H and O–H groups in total. The normalized spacial score (nSPS) is 24.2. The number of allylic oxidation sites excluding steroid dienone is 1. The summed E-state index contributed by atoms with van der Waals surface area (Å²) in [6, 6.07) is 0. The highest BCUT2D eigenvalue weighted by molar-refractivity contribution is 6.75. The van der Waals surface area contributed by atoms with Crippen molar-refractivity contribution in [1.29, 1.82) is 0 Å². The highest BCUT2D eigenvalue weighted by atomic mass is 28.4. The summed E-state index contributed by atoms with van der Waals surface area (Å²) in [5.74, 6) is -0.432. The molecule has 1 aliphatic rings. The van der Waals surface area contributed by atoms with Crippen LogP contribution in [-0.4, -0.2) is 70.3 Å². The van der Waals surface area contributed by atoms with Crippen molar-refractivity contribution in [2.75, 3.05) is 6.61 Å². The van der Waals surface area contributed by atoms with Gasteiger partial charge in [-0.2, -0.15) is 0 Å². The highest BCUT2D eigenvalue weighted by Crippen LogP contribution is 2.45. The van der Waals surface area contributed by atoms with E-state index in [9.17, 15) is 4.79 Å². The molecule has 6 atom stereocenters. The van der Waals surface area contributed by atoms with Gasteiger partial charge in [-0.25, -0.2) is 0 Å². The zero-order valence-corrected chi connectivity index (χ0v) is 39.7. The van der Waals surface area contributed by atoms with Crippen LogP contribution in [0.2, 0.25) is 72.5 Å². The summed E-state index contributed by atoms with van der Waals surface area (Å²) in [7, 11) is -8.46. The monoisotopic (exact) mass is 745 g/mol. The van der Waals surface area contributed by atoms with Crippen LogP contribution < -0.4 is 0 Å². The largest absolute Gasteiger partial charge is 0.459 e. The topological polar surface area (TPSA) is 63.2 Å². The maximum atomic E-state index is 14.1. The van der Waals surface area contributed by atoms with Gasteiger partial charge in [-0.05, 0) is 91.8 Å². The van der Waals surface area contributed by atoms with Gasteiger partial charge in [0.25, 0.3) is 0 Å². The van der Waals surface area contributed by atoms with Crippen molar-refractivity contribution in [3.63, 3.8) is 0 Å². The number of hydrogen-bond acceptors (Lipinski definition) is 6. The summed E-state index contributed by atoms with van der Waals surface area (Å²) in [6.07, 6.45) is 4.41. The minimum absolute atomic E-state index is 0.0106. The van der Waals surface area contributed by atoms with Gasteiger partial charge in [0, 0.05) is 19.1 Å². The molecule has 1 saturated heterocycles. The molecule has 6 nitrogen and oxygen atoms in total. The average molecular weight is 745 g/mol. The van der Waals surface area contributed by atoms with E-state index in [0.29, 0.717) is 19.4 Å². The van der Waals surface area contributed by atoms with Gasteiger partial charge in [0.1, 0.15) is 12.2 Å². The summed E-state index contributed by atoms with van der Waals surface area (Å²) >= 11 is 0. The molecule has 1 fully saturated rings. The zero-order valence-electron chi connectivity index (χ0n) is 35.7. The van der Waals surface area contributed by atoms with Crippen molar-refractivity contribution < 1.29 is 27.2 Å². The predicted octanol–water partition coefficient (Wildman–Crippen LogP) is 11.7. The van der Waals surface area contributed by atoms with E-state index in [1.54, 1.807) is 0 Å². The van der Waals surface area contributed by atoms with Crippen LogP contribution in [0.4, 0.5) is 0 Å². The Kier molecular flexibility index (Phi) is 15.2. The smallest absolute Gasteiger partial charge is 0.312 e. The fourth-order valence-electron chi connectivity index (χ4n) is 4.65. The van der Waals surface area contributed by atoms with Crippen molar-refractivity contribution in [3.8, 4) is 0 Å². The number of rotatable bonds is 14. The van der Waals surface area contributed by atoms with E-state index in [1.165, 1.54) is 0 Å². The Hall–Kier alpha value is -0.0825. The molecule has 1 heterocycles. The Morgan fingerprint density at radius 2 is 1.08 bits per heavy atom. The molecule has 0 aliphatic carbocycles. The van der Waals surface area contributed by atoms with Crippen molar-refractivity contribution in [2.45, 2.75) is 207 Å². The minimum Gasteiger partial charge on any atom is -0.459 e. The fraction of sp³-hybridized carbons (Fsp3) is 0.921. The molecule has 0 aromatic heterocycles. The fourth-order valence-corrected chi connectivity index (χ4v) is 9.86. The molecule has 0 unspecified atom stereocenters. The SMILES string of the molecule is C[C@H](/C=C/C[C@H]1C(=O)O[C@@H](CCO[Si](C)(C)C(C)(C)C)[C@H](O[Si](C)(C)C(C)(C)C)[C@@H]1O[Si](C)(C)C(C)(C)C)[C@H](C)O[Si](C)(C)C(C)(C)C. The Labute approximate surface area is 302 Å². The van der Waals surface area contributed by atoms with Crippen LogP contribution in [0.5, 0.6) is 0 Å². The molecule has 1 rings (SSSR count). The second-order valence-corrected chi connectivity index (χ2v) is 39.8. The molecule has 0 saturated carbocycles. The van der Waals surface area contributed by atoms with Crippen LogP contribution in [0.15, 0.2) is 12.2 Å². The van der Waals surface area contributed by atoms with Crippen molar-refractivity contribution in [1.82, 2.24) is 0 Å². The van der Waals surface area contributed by atoms with Gasteiger partial charge in [-0.15, -0.1) is 0 Å². The Bertz CT molecular complexity index is 1070. The van der Waals surface area contributed by atoms with Crippen LogP contribution in [0.25, 0.3) is 0 Å². The Morgan fingerprint density at radius 3 is 1.50 bits per heavy atom. The third-order valence-corrected chi connectivity index (χ3v) is 30.7. The maximum Gasteiger partial charge on any atom is 0.312 e. The first-order valence-corrected chi connectivity index (χ1v) is 30.3. The van der Waals surface area contributed by atoms with Crippen molar-refractivity contribution in [3.05, 3.63) is 12.2 Å². The summed E-state index contributed by atoms with van der Waals surface area (Å²) < 4.78 is 34.3. The predicted molar refractivity (Wildman–Crippen MR) is 216 cm³/mol. The van der Waals surface area contributed by atoms with Crippen LogP contribution in [-0.2, 0) is 27.2 Å². The second kappa shape index (κ2) is 15.9. The molecule has 0 radical (unpaired) electrons. The number of cyclic esters (lactones) is 1. The quantitative estimate of drug-likeness (QED) is 0.100. The van der Waals surface area contributed by atoms with Gasteiger partial charge in [0.15, 0.2) is 33.3 Å². The minimum atomic E-state index is -2.30. The molecular formula is C38H80O6Si4. The summed E-state index contributed by atoms with van der Waals surface area (Å²) in [5, 5.41) is 0.213. The number of hydrogen-bond donors (Lipinski definition) is 0. The van der Waals surface area contributed by atoms with Gasteiger partial charge in [-0.1, -0.05) is 102 Å². The molecule has 10 heteroatoms. The van der Waals surface area contributed by atoms with Gasteiger partial charge >= 0.3 is 5.97 Å². The van der Waals surface area contributed by atoms with E-state index in [4.69, 9.17) is 22.4 Å². The van der Waals surface area contributed by atoms with E-state index in [-0.39, 0.29) is 44.2 Å². The summed E-state index contributed by atoms with van der Waals surface area (Å²) in [6.45, 7) is 50.4. The van der Waals surface area contributed by atoms with E-state index in [0.717, 1.165) is 0 Å². The second-order valence-electron chi connectivity index (χ2n) is 20.8. The number of carbonyl (C=O) groups excluding carboxylic acids is 1. The standard InChI is InChI=1S/C38H80O6Si4/c1-28(29(2)42-46(17,18)36(6,7)8)24-23-25-30-32(43-47(19,20)37(9,10)11)33(44-48(21,22)38(12,13)14)31(41-34(30)39)26-27-40-45(15,16)35(3,4)5/h23-24,28-33H,25-27H2,1-22H3/b24-23+/t28-,29+,30-,31+,32-,33+/m1/s1. The van der Waals surface area contributed by atoms with Gasteiger partial charge in [0.2, 0.25) is 0 Å². The molecule has 0 aromatic carbocycles. The Morgan fingerprint density at radius 1 is 0.667 bits per heavy atom. The highest BCUT2D eigenvalue weighted by Gasteiger charge is 2.54. The summed E-state index contributed by atoms with van der Waals surface area (Å²) in [4.78, 5) is 14.1. The Balaban J connectivity index is 3.56. The van der Waals surface area contributed by atoms with E-state index < -0.39 is 51.4 Å². The lowest BCUT2D eigenvalue weighted by Crippen LogP contribution is -2.62. The number of ether oxygens (including phenoxy) is 1. The van der Waals surface area contributed by atoms with Crippen molar-refractivity contribution >= 4 is 39.2 Å². The van der Waals surface area contributed by atoms with Gasteiger partial charge in [-0.3, -0.25) is 4.79 Å². The average Bonchev–Trinajstić information content (AvgIpc) is 2.84. The molecular weight excluding hydrogens is 665 g/mol. The molecule has 0 spiro atoms. The first-order chi connectivity index (χ1) is 21.1. The number of carbonyl (C=O) groups is 1. The molecule has 1 aliphatic heterocycles. The third-order valence-electron chi connectivity index (χ3n) is 12.7. The lowest BCUT2D eigenvalue weighted by molar-refractivity contribution is -0.188. The van der Waals surface area contributed by atoms with Crippen LogP contribution in [0.1, 0.15) is 110 Å².